The molecule has 0 aromatic heterocycles. The van der Waals surface area contributed by atoms with Crippen molar-refractivity contribution >= 4 is 11.8 Å². The number of allylic oxidation sites excluding steroid dienone is 2. The maximum Gasteiger partial charge on any atom is 0.234 e. The Morgan fingerprint density at radius 1 is 1.09 bits per heavy atom. The average molecular weight is 304 g/mol. The van der Waals surface area contributed by atoms with Gasteiger partial charge in [-0.05, 0) is 47.8 Å². The minimum atomic E-state index is -0.139. The Morgan fingerprint density at radius 3 is 2.35 bits per heavy atom. The van der Waals surface area contributed by atoms with Crippen LogP contribution in [0.25, 0.3) is 0 Å². The number of likely N-dealkylation sites (tertiary alicyclic amines) is 1. The highest BCUT2D eigenvalue weighted by molar-refractivity contribution is 6.06. The van der Waals surface area contributed by atoms with E-state index in [1.54, 1.807) is 18.2 Å². The molecule has 6 rings (SSSR count). The number of carbonyl (C=O) groups is 2. The van der Waals surface area contributed by atoms with E-state index in [1.165, 1.54) is 11.3 Å². The molecule has 4 nitrogen and oxygen atoms in total. The highest BCUT2D eigenvalue weighted by atomic mass is 16.2. The summed E-state index contributed by atoms with van der Waals surface area (Å²) in [5, 5.41) is 9.00. The minimum Gasteiger partial charge on any atom is -0.278 e. The van der Waals surface area contributed by atoms with Crippen LogP contribution in [0.15, 0.2) is 36.4 Å². The zero-order chi connectivity index (χ0) is 15.7. The van der Waals surface area contributed by atoms with Crippen molar-refractivity contribution in [2.75, 3.05) is 0 Å². The third-order valence-corrected chi connectivity index (χ3v) is 6.15. The maximum absolute atomic E-state index is 12.9. The van der Waals surface area contributed by atoms with Crippen LogP contribution in [0.2, 0.25) is 0 Å². The van der Waals surface area contributed by atoms with E-state index in [9.17, 15) is 9.59 Å². The van der Waals surface area contributed by atoms with Crippen LogP contribution in [-0.2, 0) is 16.1 Å². The maximum atomic E-state index is 12.9. The van der Waals surface area contributed by atoms with E-state index < -0.39 is 0 Å². The van der Waals surface area contributed by atoms with E-state index in [0.29, 0.717) is 17.4 Å². The van der Waals surface area contributed by atoms with Gasteiger partial charge in [-0.2, -0.15) is 5.26 Å². The summed E-state index contributed by atoms with van der Waals surface area (Å²) in [7, 11) is 0. The standard InChI is InChI=1S/C19H16N2O2/c20-8-10-2-1-3-11(6-10)9-21-18(22)16-12-4-5-13(15-7-14(12)15)17(16)19(21)23/h1-6,12-17H,7,9H2/t12-,13-,14-,15-,16+,17+/m0/s1. The molecule has 23 heavy (non-hydrogen) atoms. The Bertz CT molecular complexity index is 770. The number of nitriles is 1. The van der Waals surface area contributed by atoms with Gasteiger partial charge in [0.05, 0.1) is 30.0 Å². The summed E-state index contributed by atoms with van der Waals surface area (Å²) >= 11 is 0. The largest absolute Gasteiger partial charge is 0.278 e. The fraction of sp³-hybridized carbons (Fsp3) is 0.421. The third-order valence-electron chi connectivity index (χ3n) is 6.15. The normalized spacial score (nSPS) is 39.2. The summed E-state index contributed by atoms with van der Waals surface area (Å²) in [6.45, 7) is 0.287. The van der Waals surface area contributed by atoms with E-state index in [1.807, 2.05) is 6.07 Å². The Hall–Kier alpha value is -2.41. The zero-order valence-electron chi connectivity index (χ0n) is 12.6. The summed E-state index contributed by atoms with van der Waals surface area (Å²) in [4.78, 5) is 27.2. The highest BCUT2D eigenvalue weighted by Gasteiger charge is 2.66. The van der Waals surface area contributed by atoms with E-state index in [-0.39, 0.29) is 42.0 Å². The first-order valence-electron chi connectivity index (χ1n) is 8.21. The van der Waals surface area contributed by atoms with Crippen LogP contribution < -0.4 is 0 Å². The van der Waals surface area contributed by atoms with Gasteiger partial charge in [0.25, 0.3) is 0 Å². The van der Waals surface area contributed by atoms with Crippen molar-refractivity contribution < 1.29 is 9.59 Å². The van der Waals surface area contributed by atoms with Crippen molar-refractivity contribution in [3.63, 3.8) is 0 Å². The van der Waals surface area contributed by atoms with E-state index in [2.05, 4.69) is 18.2 Å². The van der Waals surface area contributed by atoms with E-state index in [4.69, 9.17) is 5.26 Å². The molecule has 0 radical (unpaired) electrons. The second kappa shape index (κ2) is 4.32. The van der Waals surface area contributed by atoms with Crippen LogP contribution in [0, 0.1) is 46.8 Å². The van der Waals surface area contributed by atoms with Gasteiger partial charge < -0.3 is 0 Å². The lowest BCUT2D eigenvalue weighted by atomic mass is 9.63. The summed E-state index contributed by atoms with van der Waals surface area (Å²) in [5.74, 6) is 1.50. The summed E-state index contributed by atoms with van der Waals surface area (Å²) < 4.78 is 0. The number of carbonyl (C=O) groups excluding carboxylic acids is 2. The summed E-state index contributed by atoms with van der Waals surface area (Å²) in [6, 6.07) is 9.26. The predicted octanol–water partition coefficient (Wildman–Crippen LogP) is 2.11. The number of amides is 2. The zero-order valence-corrected chi connectivity index (χ0v) is 12.6. The molecule has 3 fully saturated rings. The van der Waals surface area contributed by atoms with Crippen LogP contribution in [0.3, 0.4) is 0 Å². The molecule has 1 heterocycles. The molecule has 1 aromatic rings. The van der Waals surface area contributed by atoms with Crippen molar-refractivity contribution in [3.8, 4) is 6.07 Å². The summed E-state index contributed by atoms with van der Waals surface area (Å²) in [5.41, 5.74) is 1.40. The molecule has 1 aromatic carbocycles. The fourth-order valence-corrected chi connectivity index (χ4v) is 5.10. The first-order valence-corrected chi connectivity index (χ1v) is 8.21. The topological polar surface area (TPSA) is 61.2 Å². The van der Waals surface area contributed by atoms with Gasteiger partial charge in [-0.15, -0.1) is 0 Å². The van der Waals surface area contributed by atoms with Crippen molar-refractivity contribution in [1.82, 2.24) is 4.90 Å². The quantitative estimate of drug-likeness (QED) is 0.621. The number of rotatable bonds is 2. The molecule has 4 aliphatic carbocycles. The van der Waals surface area contributed by atoms with Crippen molar-refractivity contribution in [3.05, 3.63) is 47.5 Å². The van der Waals surface area contributed by atoms with E-state index >= 15 is 0 Å². The van der Waals surface area contributed by atoms with Gasteiger partial charge in [0.1, 0.15) is 0 Å². The lowest BCUT2D eigenvalue weighted by molar-refractivity contribution is -0.140. The predicted molar refractivity (Wildman–Crippen MR) is 81.4 cm³/mol. The van der Waals surface area contributed by atoms with Crippen LogP contribution in [-0.4, -0.2) is 16.7 Å². The van der Waals surface area contributed by atoms with Crippen LogP contribution in [0.1, 0.15) is 17.5 Å². The van der Waals surface area contributed by atoms with Gasteiger partial charge in [0, 0.05) is 0 Å². The molecule has 2 saturated carbocycles. The Balaban J connectivity index is 1.46. The van der Waals surface area contributed by atoms with Gasteiger partial charge in [0.15, 0.2) is 0 Å². The average Bonchev–Trinajstić information content (AvgIpc) is 3.36. The number of benzene rings is 1. The van der Waals surface area contributed by atoms with Crippen LogP contribution in [0.5, 0.6) is 0 Å². The Labute approximate surface area is 134 Å². The molecular formula is C19H16N2O2. The van der Waals surface area contributed by atoms with Crippen molar-refractivity contribution in [2.24, 2.45) is 35.5 Å². The SMILES string of the molecule is N#Cc1cccc(CN2C(=O)[C@@H]3[C@H]4C=C[C@@H]([C@@H]5C[C@@H]45)[C@H]3C2=O)c1. The van der Waals surface area contributed by atoms with E-state index in [0.717, 1.165) is 5.56 Å². The molecule has 2 amide bonds. The molecule has 0 unspecified atom stereocenters. The van der Waals surface area contributed by atoms with Crippen molar-refractivity contribution in [1.29, 1.82) is 5.26 Å². The van der Waals surface area contributed by atoms with Gasteiger partial charge in [-0.3, -0.25) is 14.5 Å². The lowest BCUT2D eigenvalue weighted by Crippen LogP contribution is -2.40. The number of hydrogen-bond acceptors (Lipinski definition) is 3. The molecule has 0 N–H and O–H groups in total. The smallest absolute Gasteiger partial charge is 0.234 e. The molecule has 5 aliphatic rings. The molecular weight excluding hydrogens is 288 g/mol. The second-order valence-corrected chi connectivity index (χ2v) is 7.23. The van der Waals surface area contributed by atoms with Crippen LogP contribution in [0.4, 0.5) is 0 Å². The van der Waals surface area contributed by atoms with Gasteiger partial charge in [-0.1, -0.05) is 24.3 Å². The highest BCUT2D eigenvalue weighted by Crippen LogP contribution is 2.65. The van der Waals surface area contributed by atoms with Gasteiger partial charge in [0.2, 0.25) is 11.8 Å². The van der Waals surface area contributed by atoms with Gasteiger partial charge in [-0.25, -0.2) is 0 Å². The third kappa shape index (κ3) is 1.65. The molecule has 1 aliphatic heterocycles. The number of nitrogens with zero attached hydrogens (tertiary/aromatic N) is 2. The molecule has 6 atom stereocenters. The van der Waals surface area contributed by atoms with Gasteiger partial charge >= 0.3 is 0 Å². The molecule has 0 spiro atoms. The first kappa shape index (κ1) is 13.1. The molecule has 2 bridgehead atoms. The summed E-state index contributed by atoms with van der Waals surface area (Å²) in [6.07, 6.45) is 5.55. The molecule has 114 valence electrons. The second-order valence-electron chi connectivity index (χ2n) is 7.23. The molecule has 1 saturated heterocycles. The Kier molecular flexibility index (Phi) is 2.45. The van der Waals surface area contributed by atoms with Crippen molar-refractivity contribution in [2.45, 2.75) is 13.0 Å². The lowest BCUT2D eigenvalue weighted by Gasteiger charge is -2.37. The Morgan fingerprint density at radius 2 is 1.74 bits per heavy atom. The monoisotopic (exact) mass is 304 g/mol. The van der Waals surface area contributed by atoms with Crippen LogP contribution >= 0.6 is 0 Å². The number of imide groups is 1. The first-order chi connectivity index (χ1) is 11.2. The molecule has 4 heteroatoms. The fourth-order valence-electron chi connectivity index (χ4n) is 5.10. The number of hydrogen-bond donors (Lipinski definition) is 0. The minimum absolute atomic E-state index is 0.00735.